The minimum Gasteiger partial charge on any atom is -0.313 e. The predicted octanol–water partition coefficient (Wildman–Crippen LogP) is 2.27. The van der Waals surface area contributed by atoms with Crippen molar-refractivity contribution >= 4 is 11.8 Å². The highest BCUT2D eigenvalue weighted by Gasteiger charge is 2.11. The van der Waals surface area contributed by atoms with Crippen LogP contribution in [0.15, 0.2) is 0 Å². The van der Waals surface area contributed by atoms with Gasteiger partial charge in [0.25, 0.3) is 0 Å². The van der Waals surface area contributed by atoms with Crippen molar-refractivity contribution in [2.45, 2.75) is 38.6 Å². The number of nitrogens with one attached hydrogen (secondary N) is 1. The Labute approximate surface area is 74.3 Å². The van der Waals surface area contributed by atoms with E-state index in [1.165, 1.54) is 43.7 Å². The van der Waals surface area contributed by atoms with E-state index in [2.05, 4.69) is 24.0 Å². The van der Waals surface area contributed by atoms with Crippen LogP contribution in [0.25, 0.3) is 0 Å². The van der Waals surface area contributed by atoms with Crippen molar-refractivity contribution in [3.8, 4) is 0 Å². The van der Waals surface area contributed by atoms with Crippen LogP contribution >= 0.6 is 11.8 Å². The van der Waals surface area contributed by atoms with Crippen LogP contribution in [-0.4, -0.2) is 24.1 Å². The van der Waals surface area contributed by atoms with E-state index in [1.807, 2.05) is 0 Å². The summed E-state index contributed by atoms with van der Waals surface area (Å²) in [6.07, 6.45) is 5.46. The quantitative estimate of drug-likeness (QED) is 0.655. The van der Waals surface area contributed by atoms with Gasteiger partial charge < -0.3 is 5.32 Å². The number of hydrogen-bond acceptors (Lipinski definition) is 2. The highest BCUT2D eigenvalue weighted by molar-refractivity contribution is 7.99. The smallest absolute Gasteiger partial charge is 0.0158 e. The molecule has 0 aromatic rings. The van der Waals surface area contributed by atoms with Crippen LogP contribution in [0, 0.1) is 0 Å². The minimum atomic E-state index is 0.820. The van der Waals surface area contributed by atoms with Crippen LogP contribution < -0.4 is 5.32 Å². The van der Waals surface area contributed by atoms with E-state index in [0.717, 1.165) is 6.04 Å². The number of hydrogen-bond donors (Lipinski definition) is 1. The minimum absolute atomic E-state index is 0.820. The van der Waals surface area contributed by atoms with Crippen molar-refractivity contribution in [3.05, 3.63) is 0 Å². The predicted molar refractivity (Wildman–Crippen MR) is 53.3 cm³/mol. The molecule has 0 aromatic heterocycles. The Kier molecular flexibility index (Phi) is 5.04. The van der Waals surface area contributed by atoms with Crippen LogP contribution in [-0.2, 0) is 0 Å². The number of thioether (sulfide) groups is 1. The van der Waals surface area contributed by atoms with Gasteiger partial charge in [0.1, 0.15) is 0 Å². The SMILES string of the molecule is CCCCNC1CCCSC1. The fraction of sp³-hybridized carbons (Fsp3) is 1.00. The monoisotopic (exact) mass is 173 g/mol. The van der Waals surface area contributed by atoms with Crippen molar-refractivity contribution < 1.29 is 0 Å². The standard InChI is InChI=1S/C9H19NS/c1-2-3-6-10-9-5-4-7-11-8-9/h9-10H,2-8H2,1H3. The lowest BCUT2D eigenvalue weighted by Gasteiger charge is -2.22. The maximum atomic E-state index is 3.60. The molecular weight excluding hydrogens is 154 g/mol. The van der Waals surface area contributed by atoms with Crippen molar-refractivity contribution in [1.29, 1.82) is 0 Å². The highest BCUT2D eigenvalue weighted by Crippen LogP contribution is 2.16. The second-order valence-corrected chi connectivity index (χ2v) is 4.37. The number of unbranched alkanes of at least 4 members (excludes halogenated alkanes) is 1. The fourth-order valence-electron chi connectivity index (χ4n) is 1.38. The molecule has 11 heavy (non-hydrogen) atoms. The molecule has 66 valence electrons. The third kappa shape index (κ3) is 4.02. The average molecular weight is 173 g/mol. The van der Waals surface area contributed by atoms with Gasteiger partial charge in [-0.25, -0.2) is 0 Å². The lowest BCUT2D eigenvalue weighted by atomic mass is 10.2. The van der Waals surface area contributed by atoms with Crippen molar-refractivity contribution in [2.75, 3.05) is 18.1 Å². The molecule has 1 unspecified atom stereocenters. The first-order valence-electron chi connectivity index (χ1n) is 4.74. The molecule has 0 amide bonds. The molecule has 1 saturated heterocycles. The van der Waals surface area contributed by atoms with Gasteiger partial charge in [-0.1, -0.05) is 13.3 Å². The van der Waals surface area contributed by atoms with Gasteiger partial charge in [-0.15, -0.1) is 0 Å². The van der Waals surface area contributed by atoms with Gasteiger partial charge >= 0.3 is 0 Å². The summed E-state index contributed by atoms with van der Waals surface area (Å²) in [6.45, 7) is 3.47. The van der Waals surface area contributed by atoms with E-state index in [9.17, 15) is 0 Å². The molecule has 1 nitrogen and oxygen atoms in total. The van der Waals surface area contributed by atoms with Gasteiger partial charge in [-0.2, -0.15) is 11.8 Å². The normalized spacial score (nSPS) is 25.4. The van der Waals surface area contributed by atoms with Crippen LogP contribution in [0.5, 0.6) is 0 Å². The Bertz CT molecular complexity index is 89.6. The zero-order valence-electron chi connectivity index (χ0n) is 7.44. The average Bonchev–Trinajstić information content (AvgIpc) is 2.07. The van der Waals surface area contributed by atoms with Gasteiger partial charge in [0.2, 0.25) is 0 Å². The first-order chi connectivity index (χ1) is 5.43. The summed E-state index contributed by atoms with van der Waals surface area (Å²) in [5.41, 5.74) is 0. The molecule has 1 atom stereocenters. The van der Waals surface area contributed by atoms with Gasteiger partial charge in [-0.05, 0) is 31.6 Å². The van der Waals surface area contributed by atoms with Crippen molar-refractivity contribution in [1.82, 2.24) is 5.32 Å². The third-order valence-electron chi connectivity index (χ3n) is 2.12. The van der Waals surface area contributed by atoms with Crippen molar-refractivity contribution in [3.63, 3.8) is 0 Å². The zero-order chi connectivity index (χ0) is 7.94. The molecular formula is C9H19NS. The van der Waals surface area contributed by atoms with Gasteiger partial charge in [0.15, 0.2) is 0 Å². The maximum absolute atomic E-state index is 3.60. The molecule has 1 aliphatic heterocycles. The highest BCUT2D eigenvalue weighted by atomic mass is 32.2. The Hall–Kier alpha value is 0.310. The molecule has 0 radical (unpaired) electrons. The molecule has 0 spiro atoms. The molecule has 2 heteroatoms. The third-order valence-corrected chi connectivity index (χ3v) is 3.34. The van der Waals surface area contributed by atoms with E-state index >= 15 is 0 Å². The Balaban J connectivity index is 1.96. The summed E-state index contributed by atoms with van der Waals surface area (Å²) in [4.78, 5) is 0. The lowest BCUT2D eigenvalue weighted by Crippen LogP contribution is -2.34. The van der Waals surface area contributed by atoms with Gasteiger partial charge in [0.05, 0.1) is 0 Å². The molecule has 0 aliphatic carbocycles. The van der Waals surface area contributed by atoms with E-state index in [-0.39, 0.29) is 0 Å². The van der Waals surface area contributed by atoms with E-state index in [4.69, 9.17) is 0 Å². The van der Waals surface area contributed by atoms with Crippen molar-refractivity contribution in [2.24, 2.45) is 0 Å². The fourth-order valence-corrected chi connectivity index (χ4v) is 2.49. The summed E-state index contributed by atoms with van der Waals surface area (Å²) in [5, 5.41) is 3.60. The molecule has 1 rings (SSSR count). The summed E-state index contributed by atoms with van der Waals surface area (Å²) in [6, 6.07) is 0.820. The largest absolute Gasteiger partial charge is 0.313 e. The van der Waals surface area contributed by atoms with Crippen LogP contribution in [0.3, 0.4) is 0 Å². The molecule has 1 N–H and O–H groups in total. The first kappa shape index (κ1) is 9.40. The summed E-state index contributed by atoms with van der Waals surface area (Å²) in [7, 11) is 0. The van der Waals surface area contributed by atoms with Gasteiger partial charge in [-0.3, -0.25) is 0 Å². The van der Waals surface area contributed by atoms with Crippen LogP contribution in [0.1, 0.15) is 32.6 Å². The second-order valence-electron chi connectivity index (χ2n) is 3.22. The zero-order valence-corrected chi connectivity index (χ0v) is 8.25. The Morgan fingerprint density at radius 1 is 1.55 bits per heavy atom. The van der Waals surface area contributed by atoms with Crippen LogP contribution in [0.4, 0.5) is 0 Å². The molecule has 0 saturated carbocycles. The Morgan fingerprint density at radius 2 is 2.45 bits per heavy atom. The summed E-state index contributed by atoms with van der Waals surface area (Å²) < 4.78 is 0. The molecule has 0 aromatic carbocycles. The van der Waals surface area contributed by atoms with Gasteiger partial charge in [0, 0.05) is 11.8 Å². The lowest BCUT2D eigenvalue weighted by molar-refractivity contribution is 0.499. The molecule has 1 fully saturated rings. The summed E-state index contributed by atoms with van der Waals surface area (Å²) in [5.74, 6) is 2.72. The van der Waals surface area contributed by atoms with E-state index in [0.29, 0.717) is 0 Å². The first-order valence-corrected chi connectivity index (χ1v) is 5.90. The topological polar surface area (TPSA) is 12.0 Å². The maximum Gasteiger partial charge on any atom is 0.0158 e. The number of rotatable bonds is 4. The van der Waals surface area contributed by atoms with E-state index < -0.39 is 0 Å². The molecule has 0 bridgehead atoms. The molecule has 1 heterocycles. The Morgan fingerprint density at radius 3 is 3.09 bits per heavy atom. The van der Waals surface area contributed by atoms with E-state index in [1.54, 1.807) is 0 Å². The molecule has 1 aliphatic rings. The van der Waals surface area contributed by atoms with Crippen LogP contribution in [0.2, 0.25) is 0 Å². The summed E-state index contributed by atoms with van der Waals surface area (Å²) >= 11 is 2.10. The second kappa shape index (κ2) is 5.90.